The lowest BCUT2D eigenvalue weighted by molar-refractivity contribution is 1.11. The Kier molecular flexibility index (Phi) is 8.97. The van der Waals surface area contributed by atoms with Crippen LogP contribution in [0, 0.1) is 6.92 Å². The third-order valence-corrected chi connectivity index (χ3v) is 3.13. The van der Waals surface area contributed by atoms with Crippen molar-refractivity contribution in [3.05, 3.63) is 35.9 Å². The summed E-state index contributed by atoms with van der Waals surface area (Å²) in [5, 5.41) is 0. The maximum Gasteiger partial charge on any atom is 0.0854 e. The van der Waals surface area contributed by atoms with Crippen LogP contribution in [0.2, 0.25) is 0 Å². The number of benzene rings is 1. The lowest BCUT2D eigenvalue weighted by Gasteiger charge is -1.90. The van der Waals surface area contributed by atoms with E-state index in [1.165, 1.54) is 5.56 Å². The van der Waals surface area contributed by atoms with Crippen molar-refractivity contribution in [2.45, 2.75) is 20.3 Å². The first kappa shape index (κ1) is 13.2. The first-order valence-electron chi connectivity index (χ1n) is 4.27. The van der Waals surface area contributed by atoms with E-state index >= 15 is 0 Å². The average Bonchev–Trinajstić information content (AvgIpc) is 2.06. The summed E-state index contributed by atoms with van der Waals surface area (Å²) in [4.78, 5) is 0. The summed E-state index contributed by atoms with van der Waals surface area (Å²) in [6, 6.07) is 10.3. The van der Waals surface area contributed by atoms with Gasteiger partial charge < -0.3 is 0 Å². The predicted molar refractivity (Wildman–Crippen MR) is 65.0 cm³/mol. The summed E-state index contributed by atoms with van der Waals surface area (Å²) in [6.45, 7) is 3.50. The summed E-state index contributed by atoms with van der Waals surface area (Å²) < 4.78 is 0. The molecule has 0 radical (unpaired) electrons. The maximum atomic E-state index is 5.41. The number of aryl methyl sites for hydroxylation is 1. The minimum absolute atomic E-state index is 0.656. The van der Waals surface area contributed by atoms with E-state index in [-0.39, 0.29) is 0 Å². The highest BCUT2D eigenvalue weighted by molar-refractivity contribution is 8.03. The molecule has 0 aliphatic rings. The summed E-state index contributed by atoms with van der Waals surface area (Å²) in [5.41, 5.74) is 1.32. The van der Waals surface area contributed by atoms with Gasteiger partial charge in [0.25, 0.3) is 0 Å². The molecule has 0 aromatic heterocycles. The molecular formula is C10H15Cl2P. The van der Waals surface area contributed by atoms with Crippen molar-refractivity contribution in [2.75, 3.05) is 6.16 Å². The quantitative estimate of drug-likeness (QED) is 0.621. The number of halogens is 2. The van der Waals surface area contributed by atoms with Gasteiger partial charge in [0.1, 0.15) is 0 Å². The van der Waals surface area contributed by atoms with E-state index in [0.717, 1.165) is 12.6 Å². The summed E-state index contributed by atoms with van der Waals surface area (Å²) in [7, 11) is 0. The molecule has 3 heteroatoms. The van der Waals surface area contributed by atoms with Crippen LogP contribution in [0.15, 0.2) is 30.3 Å². The molecule has 0 saturated heterocycles. The third kappa shape index (κ3) is 10.1. The Bertz CT molecular complexity index is 199. The molecule has 0 unspecified atom stereocenters. The van der Waals surface area contributed by atoms with Crippen molar-refractivity contribution >= 4 is 29.1 Å². The van der Waals surface area contributed by atoms with Gasteiger partial charge in [0.15, 0.2) is 0 Å². The Morgan fingerprint density at radius 1 is 1.15 bits per heavy atom. The number of hydrogen-bond donors (Lipinski definition) is 0. The summed E-state index contributed by atoms with van der Waals surface area (Å²) in [6.07, 6.45) is 2.07. The average molecular weight is 237 g/mol. The molecule has 74 valence electrons. The topological polar surface area (TPSA) is 0 Å². The number of rotatable bonds is 2. The lowest BCUT2D eigenvalue weighted by atomic mass is 10.2. The second-order valence-corrected chi connectivity index (χ2v) is 6.70. The molecule has 0 spiro atoms. The van der Waals surface area contributed by atoms with Gasteiger partial charge in [-0.1, -0.05) is 65.3 Å². The van der Waals surface area contributed by atoms with Crippen LogP contribution in [0.1, 0.15) is 18.9 Å². The smallest absolute Gasteiger partial charge is 0.0781 e. The van der Waals surface area contributed by atoms with Crippen molar-refractivity contribution in [1.29, 1.82) is 0 Å². The van der Waals surface area contributed by atoms with Gasteiger partial charge in [0, 0.05) is 0 Å². The molecule has 0 aliphatic carbocycles. The van der Waals surface area contributed by atoms with E-state index in [9.17, 15) is 0 Å². The van der Waals surface area contributed by atoms with Crippen molar-refractivity contribution < 1.29 is 0 Å². The van der Waals surface area contributed by atoms with E-state index < -0.39 is 6.63 Å². The summed E-state index contributed by atoms with van der Waals surface area (Å²) in [5.74, 6) is 0. The first-order valence-corrected chi connectivity index (χ1v) is 7.61. The van der Waals surface area contributed by atoms with Gasteiger partial charge >= 0.3 is 0 Å². The normalized spacial score (nSPS) is 9.31. The monoisotopic (exact) mass is 236 g/mol. The standard InChI is InChI=1S/C7H8.C3H7Cl2P/c1-7-5-3-2-4-6-7;1-2-3-6(4)5/h2-6H,1H3;2-3H2,1H3. The van der Waals surface area contributed by atoms with Crippen LogP contribution >= 0.6 is 29.1 Å². The third-order valence-electron chi connectivity index (χ3n) is 1.33. The number of hydrogen-bond acceptors (Lipinski definition) is 0. The van der Waals surface area contributed by atoms with Crippen LogP contribution in [0.25, 0.3) is 0 Å². The second-order valence-electron chi connectivity index (χ2n) is 2.68. The van der Waals surface area contributed by atoms with Gasteiger partial charge in [0.2, 0.25) is 0 Å². The Morgan fingerprint density at radius 3 is 1.85 bits per heavy atom. The van der Waals surface area contributed by atoms with Crippen LogP contribution in [-0.2, 0) is 0 Å². The van der Waals surface area contributed by atoms with E-state index in [1.807, 2.05) is 18.2 Å². The molecule has 1 aromatic rings. The highest BCUT2D eigenvalue weighted by Crippen LogP contribution is 2.46. The second kappa shape index (κ2) is 8.81. The molecule has 0 bridgehead atoms. The van der Waals surface area contributed by atoms with Gasteiger partial charge in [0.05, 0.1) is 6.63 Å². The van der Waals surface area contributed by atoms with Crippen LogP contribution in [-0.4, -0.2) is 6.16 Å². The fraction of sp³-hybridized carbons (Fsp3) is 0.400. The largest absolute Gasteiger partial charge is 0.0854 e. The van der Waals surface area contributed by atoms with Crippen LogP contribution < -0.4 is 0 Å². The Morgan fingerprint density at radius 2 is 1.69 bits per heavy atom. The van der Waals surface area contributed by atoms with Crippen LogP contribution in [0.5, 0.6) is 0 Å². The summed E-state index contributed by atoms with van der Waals surface area (Å²) >= 11 is 10.8. The predicted octanol–water partition coefficient (Wildman–Crippen LogP) is 5.18. The van der Waals surface area contributed by atoms with Crippen LogP contribution in [0.4, 0.5) is 0 Å². The zero-order chi connectivity index (χ0) is 10.1. The van der Waals surface area contributed by atoms with Gasteiger partial charge in [-0.25, -0.2) is 0 Å². The zero-order valence-corrected chi connectivity index (χ0v) is 10.4. The minimum atomic E-state index is -0.656. The van der Waals surface area contributed by atoms with Crippen molar-refractivity contribution in [2.24, 2.45) is 0 Å². The lowest BCUT2D eigenvalue weighted by Crippen LogP contribution is -1.63. The SMILES string of the molecule is CCCP(Cl)Cl.Cc1ccccc1. The van der Waals surface area contributed by atoms with Crippen molar-refractivity contribution in [3.8, 4) is 0 Å². The van der Waals surface area contributed by atoms with Crippen LogP contribution in [0.3, 0.4) is 0 Å². The molecule has 0 nitrogen and oxygen atoms in total. The maximum absolute atomic E-state index is 5.41. The molecular weight excluding hydrogens is 222 g/mol. The van der Waals surface area contributed by atoms with Gasteiger partial charge in [-0.2, -0.15) is 0 Å². The zero-order valence-electron chi connectivity index (χ0n) is 8.00. The fourth-order valence-electron chi connectivity index (χ4n) is 0.703. The van der Waals surface area contributed by atoms with E-state index in [1.54, 1.807) is 0 Å². The Balaban J connectivity index is 0.000000226. The van der Waals surface area contributed by atoms with Gasteiger partial charge in [-0.3, -0.25) is 0 Å². The Hall–Kier alpha value is 0.230. The molecule has 1 aromatic carbocycles. The van der Waals surface area contributed by atoms with E-state index in [4.69, 9.17) is 22.5 Å². The highest BCUT2D eigenvalue weighted by Gasteiger charge is 1.91. The molecule has 0 atom stereocenters. The molecule has 0 saturated carbocycles. The van der Waals surface area contributed by atoms with Crippen molar-refractivity contribution in [1.82, 2.24) is 0 Å². The fourth-order valence-corrected chi connectivity index (χ4v) is 2.06. The van der Waals surface area contributed by atoms with Gasteiger partial charge in [-0.05, 0) is 19.5 Å². The molecule has 0 N–H and O–H groups in total. The van der Waals surface area contributed by atoms with E-state index in [0.29, 0.717) is 0 Å². The Labute approximate surface area is 91.6 Å². The van der Waals surface area contributed by atoms with Crippen molar-refractivity contribution in [3.63, 3.8) is 0 Å². The molecule has 0 heterocycles. The highest BCUT2D eigenvalue weighted by atomic mass is 35.9. The minimum Gasteiger partial charge on any atom is -0.0781 e. The van der Waals surface area contributed by atoms with Gasteiger partial charge in [-0.15, -0.1) is 0 Å². The molecule has 0 aliphatic heterocycles. The van der Waals surface area contributed by atoms with E-state index in [2.05, 4.69) is 26.0 Å². The molecule has 13 heavy (non-hydrogen) atoms. The molecule has 1 rings (SSSR count). The first-order chi connectivity index (χ1) is 6.16. The molecule has 0 amide bonds. The molecule has 0 fully saturated rings.